The Balaban J connectivity index is 1.57. The molecule has 3 amide bonds. The molecule has 0 heterocycles. The highest BCUT2D eigenvalue weighted by molar-refractivity contribution is 5.97. The normalized spacial score (nSPS) is 13.7. The van der Waals surface area contributed by atoms with Gasteiger partial charge in [-0.05, 0) is 54.0 Å². The molecule has 0 spiro atoms. The average molecular weight is 365 g/mol. The molecule has 0 aliphatic heterocycles. The van der Waals surface area contributed by atoms with Crippen molar-refractivity contribution < 1.29 is 9.59 Å². The molecule has 3 N–H and O–H groups in total. The van der Waals surface area contributed by atoms with Gasteiger partial charge < -0.3 is 16.0 Å². The van der Waals surface area contributed by atoms with Crippen LogP contribution >= 0.6 is 0 Å². The van der Waals surface area contributed by atoms with E-state index in [1.165, 1.54) is 17.5 Å². The molecular formula is C22H27N3O2. The maximum Gasteiger partial charge on any atom is 0.315 e. The Morgan fingerprint density at radius 2 is 1.74 bits per heavy atom. The van der Waals surface area contributed by atoms with Crippen molar-refractivity contribution in [1.29, 1.82) is 0 Å². The Morgan fingerprint density at radius 1 is 1.00 bits per heavy atom. The number of benzene rings is 2. The number of carbonyl (C=O) groups is 2. The van der Waals surface area contributed by atoms with Gasteiger partial charge in [0.1, 0.15) is 6.04 Å². The zero-order chi connectivity index (χ0) is 19.2. The first kappa shape index (κ1) is 19.0. The van der Waals surface area contributed by atoms with E-state index in [1.807, 2.05) is 56.3 Å². The predicted molar refractivity (Wildman–Crippen MR) is 108 cm³/mol. The number of urea groups is 1. The van der Waals surface area contributed by atoms with Gasteiger partial charge in [-0.2, -0.15) is 0 Å². The summed E-state index contributed by atoms with van der Waals surface area (Å²) in [4.78, 5) is 24.9. The highest BCUT2D eigenvalue weighted by Gasteiger charge is 2.24. The molecule has 0 saturated heterocycles. The summed E-state index contributed by atoms with van der Waals surface area (Å²) in [6.45, 7) is 4.26. The Bertz CT molecular complexity index is 802. The molecule has 1 aliphatic rings. The molecule has 3 rings (SSSR count). The van der Waals surface area contributed by atoms with Gasteiger partial charge in [-0.15, -0.1) is 0 Å². The van der Waals surface area contributed by atoms with E-state index in [1.54, 1.807) is 0 Å². The fraction of sp³-hybridized carbons (Fsp3) is 0.364. The van der Waals surface area contributed by atoms with E-state index in [0.29, 0.717) is 6.54 Å². The van der Waals surface area contributed by atoms with Crippen LogP contribution in [0.15, 0.2) is 48.5 Å². The molecule has 2 aromatic rings. The molecule has 0 radical (unpaired) electrons. The molecule has 0 unspecified atom stereocenters. The van der Waals surface area contributed by atoms with E-state index in [2.05, 4.69) is 22.0 Å². The van der Waals surface area contributed by atoms with Gasteiger partial charge >= 0.3 is 6.03 Å². The quantitative estimate of drug-likeness (QED) is 0.731. The zero-order valence-corrected chi connectivity index (χ0v) is 15.9. The van der Waals surface area contributed by atoms with Gasteiger partial charge in [-0.25, -0.2) is 4.79 Å². The third-order valence-electron chi connectivity index (χ3n) is 4.90. The minimum atomic E-state index is -0.603. The summed E-state index contributed by atoms with van der Waals surface area (Å²) >= 11 is 0. The van der Waals surface area contributed by atoms with Crippen LogP contribution < -0.4 is 16.0 Å². The Hall–Kier alpha value is -2.82. The Kier molecular flexibility index (Phi) is 6.12. The highest BCUT2D eigenvalue weighted by Crippen LogP contribution is 2.25. The number of carbonyl (C=O) groups excluding carboxylic acids is 2. The second kappa shape index (κ2) is 8.71. The molecule has 5 nitrogen and oxygen atoms in total. The number of amides is 3. The number of fused-ring (bicyclic) bond motifs is 1. The number of aryl methyl sites for hydroxylation is 2. The standard InChI is InChI=1S/C22H27N3O2/c1-15(2)20(25-22(27)23-14-16-7-4-3-5-8-16)21(26)24-19-12-11-17-9-6-10-18(17)13-19/h3-5,7-8,11-13,15,20H,6,9-10,14H2,1-2H3,(H,24,26)(H2,23,25,27)/t20-/m0/s1. The van der Waals surface area contributed by atoms with E-state index >= 15 is 0 Å². The number of anilines is 1. The maximum absolute atomic E-state index is 12.7. The van der Waals surface area contributed by atoms with Crippen molar-refractivity contribution in [2.24, 2.45) is 5.92 Å². The van der Waals surface area contributed by atoms with Crippen LogP contribution in [0.25, 0.3) is 0 Å². The predicted octanol–water partition coefficient (Wildman–Crippen LogP) is 3.64. The van der Waals surface area contributed by atoms with Crippen LogP contribution in [0.1, 0.15) is 37.0 Å². The molecule has 0 bridgehead atoms. The van der Waals surface area contributed by atoms with E-state index in [4.69, 9.17) is 0 Å². The van der Waals surface area contributed by atoms with Crippen LogP contribution in [-0.4, -0.2) is 18.0 Å². The molecule has 5 heteroatoms. The molecule has 27 heavy (non-hydrogen) atoms. The molecule has 142 valence electrons. The summed E-state index contributed by atoms with van der Waals surface area (Å²) in [5.74, 6) is -0.222. The minimum absolute atomic E-state index is 0.0260. The van der Waals surface area contributed by atoms with Gasteiger partial charge in [0.15, 0.2) is 0 Å². The molecular weight excluding hydrogens is 338 g/mol. The summed E-state index contributed by atoms with van der Waals surface area (Å²) in [6, 6.07) is 14.8. The van der Waals surface area contributed by atoms with Gasteiger partial charge in [0, 0.05) is 12.2 Å². The lowest BCUT2D eigenvalue weighted by Gasteiger charge is -2.22. The Morgan fingerprint density at radius 3 is 2.48 bits per heavy atom. The van der Waals surface area contributed by atoms with E-state index in [9.17, 15) is 9.59 Å². The SMILES string of the molecule is CC(C)[C@H](NC(=O)NCc1ccccc1)C(=O)Nc1ccc2c(c1)CCC2. The van der Waals surface area contributed by atoms with Crippen LogP contribution in [0.4, 0.5) is 10.5 Å². The van der Waals surface area contributed by atoms with E-state index < -0.39 is 6.04 Å². The number of hydrogen-bond donors (Lipinski definition) is 3. The smallest absolute Gasteiger partial charge is 0.315 e. The van der Waals surface area contributed by atoms with Crippen LogP contribution in [0, 0.1) is 5.92 Å². The molecule has 1 atom stereocenters. The van der Waals surface area contributed by atoms with Crippen LogP contribution in [-0.2, 0) is 24.2 Å². The monoisotopic (exact) mass is 365 g/mol. The van der Waals surface area contributed by atoms with Gasteiger partial charge in [-0.3, -0.25) is 4.79 Å². The fourth-order valence-corrected chi connectivity index (χ4v) is 3.38. The summed E-state index contributed by atoms with van der Waals surface area (Å²) < 4.78 is 0. The molecule has 2 aromatic carbocycles. The van der Waals surface area contributed by atoms with Crippen molar-refractivity contribution >= 4 is 17.6 Å². The topological polar surface area (TPSA) is 70.2 Å². The van der Waals surface area contributed by atoms with Crippen molar-refractivity contribution in [3.63, 3.8) is 0 Å². The summed E-state index contributed by atoms with van der Waals surface area (Å²) in [7, 11) is 0. The first-order valence-electron chi connectivity index (χ1n) is 9.54. The second-order valence-electron chi connectivity index (χ2n) is 7.36. The zero-order valence-electron chi connectivity index (χ0n) is 15.9. The minimum Gasteiger partial charge on any atom is -0.334 e. The average Bonchev–Trinajstić information content (AvgIpc) is 3.12. The second-order valence-corrected chi connectivity index (χ2v) is 7.36. The number of rotatable bonds is 6. The van der Waals surface area contributed by atoms with Gasteiger partial charge in [0.2, 0.25) is 5.91 Å². The Labute approximate surface area is 160 Å². The van der Waals surface area contributed by atoms with Crippen molar-refractivity contribution in [2.45, 2.75) is 45.7 Å². The highest BCUT2D eigenvalue weighted by atomic mass is 16.2. The summed E-state index contributed by atoms with van der Waals surface area (Å²) in [6.07, 6.45) is 3.35. The fourth-order valence-electron chi connectivity index (χ4n) is 3.38. The van der Waals surface area contributed by atoms with Crippen molar-refractivity contribution in [2.75, 3.05) is 5.32 Å². The third-order valence-corrected chi connectivity index (χ3v) is 4.90. The van der Waals surface area contributed by atoms with Crippen LogP contribution in [0.3, 0.4) is 0 Å². The van der Waals surface area contributed by atoms with E-state index in [-0.39, 0.29) is 17.9 Å². The molecule has 0 fully saturated rings. The van der Waals surface area contributed by atoms with Gasteiger partial charge in [0.25, 0.3) is 0 Å². The van der Waals surface area contributed by atoms with Crippen molar-refractivity contribution in [1.82, 2.24) is 10.6 Å². The van der Waals surface area contributed by atoms with Crippen LogP contribution in [0.5, 0.6) is 0 Å². The lowest BCUT2D eigenvalue weighted by Crippen LogP contribution is -2.50. The molecule has 0 saturated carbocycles. The first-order valence-corrected chi connectivity index (χ1v) is 9.54. The number of nitrogens with one attached hydrogen (secondary N) is 3. The first-order chi connectivity index (χ1) is 13.0. The summed E-state index contributed by atoms with van der Waals surface area (Å²) in [5, 5.41) is 8.55. The third kappa shape index (κ3) is 5.09. The van der Waals surface area contributed by atoms with Crippen molar-refractivity contribution in [3.8, 4) is 0 Å². The van der Waals surface area contributed by atoms with E-state index in [0.717, 1.165) is 24.1 Å². The lowest BCUT2D eigenvalue weighted by atomic mass is 10.0. The largest absolute Gasteiger partial charge is 0.334 e. The van der Waals surface area contributed by atoms with Crippen LogP contribution in [0.2, 0.25) is 0 Å². The maximum atomic E-state index is 12.7. The molecule has 1 aliphatic carbocycles. The van der Waals surface area contributed by atoms with Gasteiger partial charge in [0.05, 0.1) is 0 Å². The van der Waals surface area contributed by atoms with Crippen molar-refractivity contribution in [3.05, 3.63) is 65.2 Å². The lowest BCUT2D eigenvalue weighted by molar-refractivity contribution is -0.118. The molecule has 0 aromatic heterocycles. The summed E-state index contributed by atoms with van der Waals surface area (Å²) in [5.41, 5.74) is 4.48. The van der Waals surface area contributed by atoms with Gasteiger partial charge in [-0.1, -0.05) is 50.2 Å². The number of hydrogen-bond acceptors (Lipinski definition) is 2.